The molecule has 3 aliphatic carbocycles. The van der Waals surface area contributed by atoms with Crippen molar-refractivity contribution in [1.29, 1.82) is 0 Å². The zero-order chi connectivity index (χ0) is 33.6. The van der Waals surface area contributed by atoms with Crippen molar-refractivity contribution in [3.63, 3.8) is 0 Å². The molecule has 1 heterocycles. The maximum atomic E-state index is 14.4. The number of aromatic nitrogens is 1. The topological polar surface area (TPSA) is 110 Å². The van der Waals surface area contributed by atoms with Crippen molar-refractivity contribution in [2.45, 2.75) is 89.0 Å². The minimum absolute atomic E-state index is 0.0320. The summed E-state index contributed by atoms with van der Waals surface area (Å²) < 4.78 is 10.4. The maximum Gasteiger partial charge on any atom is 0.407 e. The summed E-state index contributed by atoms with van der Waals surface area (Å²) in [6, 6.07) is 15.0. The van der Waals surface area contributed by atoms with Crippen LogP contribution in [0.25, 0.3) is 10.4 Å². The molecule has 0 radical (unpaired) electrons. The highest BCUT2D eigenvalue weighted by Crippen LogP contribution is 2.44. The Labute approximate surface area is 287 Å². The van der Waals surface area contributed by atoms with Crippen molar-refractivity contribution in [3.8, 4) is 16.2 Å². The first kappa shape index (κ1) is 34.0. The summed E-state index contributed by atoms with van der Waals surface area (Å²) in [5.41, 5.74) is 4.62. The number of thiazole rings is 1. The number of alkyl carbamates (subject to hydrolysis) is 1. The number of carbonyl (C=O) groups is 3. The van der Waals surface area contributed by atoms with Gasteiger partial charge in [0.15, 0.2) is 6.61 Å². The van der Waals surface area contributed by atoms with Gasteiger partial charge in [-0.25, -0.2) is 9.78 Å². The van der Waals surface area contributed by atoms with Gasteiger partial charge in [0.05, 0.1) is 17.0 Å². The van der Waals surface area contributed by atoms with Gasteiger partial charge in [-0.1, -0.05) is 24.3 Å². The van der Waals surface area contributed by atoms with Gasteiger partial charge < -0.3 is 25.0 Å². The molecule has 3 fully saturated rings. The van der Waals surface area contributed by atoms with E-state index in [1.807, 2.05) is 6.20 Å². The van der Waals surface area contributed by atoms with Gasteiger partial charge in [0.2, 0.25) is 5.91 Å². The Hall–Kier alpha value is -3.92. The minimum atomic E-state index is -0.633. The second-order valence-electron chi connectivity index (χ2n) is 13.7. The molecule has 0 aliphatic heterocycles. The number of amides is 3. The molecule has 2 aromatic carbocycles. The van der Waals surface area contributed by atoms with Crippen molar-refractivity contribution < 1.29 is 23.9 Å². The summed E-state index contributed by atoms with van der Waals surface area (Å²) in [7, 11) is 3.17. The van der Waals surface area contributed by atoms with E-state index in [1.54, 1.807) is 18.4 Å². The van der Waals surface area contributed by atoms with Gasteiger partial charge in [0.1, 0.15) is 5.75 Å². The molecule has 0 saturated heterocycles. The van der Waals surface area contributed by atoms with Gasteiger partial charge in [0, 0.05) is 43.4 Å². The zero-order valence-electron chi connectivity index (χ0n) is 28.3. The van der Waals surface area contributed by atoms with Crippen molar-refractivity contribution in [1.82, 2.24) is 15.6 Å². The highest BCUT2D eigenvalue weighted by atomic mass is 32.1. The van der Waals surface area contributed by atoms with E-state index in [0.717, 1.165) is 47.6 Å². The lowest BCUT2D eigenvalue weighted by Crippen LogP contribution is -2.45. The molecule has 9 nitrogen and oxygen atoms in total. The molecule has 0 spiro atoms. The summed E-state index contributed by atoms with van der Waals surface area (Å²) in [6.45, 7) is 2.50. The second kappa shape index (κ2) is 15.5. The molecular formula is C38H48N4O5S. The molecule has 3 amide bonds. The Kier molecular flexibility index (Phi) is 11.0. The van der Waals surface area contributed by atoms with Crippen LogP contribution in [-0.4, -0.2) is 56.2 Å². The third-order valence-corrected chi connectivity index (χ3v) is 11.5. The number of hydrogen-bond acceptors (Lipinski definition) is 7. The number of nitrogens with zero attached hydrogens (tertiary/aromatic N) is 2. The van der Waals surface area contributed by atoms with Crippen LogP contribution in [0.4, 0.5) is 10.5 Å². The van der Waals surface area contributed by atoms with Crippen molar-refractivity contribution in [2.24, 2.45) is 11.8 Å². The number of benzene rings is 2. The molecule has 0 bridgehead atoms. The van der Waals surface area contributed by atoms with Crippen LogP contribution >= 0.6 is 11.3 Å². The van der Waals surface area contributed by atoms with Crippen LogP contribution in [0.1, 0.15) is 92.2 Å². The first-order chi connectivity index (χ1) is 23.3. The first-order valence-corrected chi connectivity index (χ1v) is 18.3. The molecule has 48 heavy (non-hydrogen) atoms. The molecule has 10 heteroatoms. The van der Waals surface area contributed by atoms with E-state index in [0.29, 0.717) is 50.0 Å². The number of ether oxygens (including phenoxy) is 2. The first-order valence-electron chi connectivity index (χ1n) is 17.5. The van der Waals surface area contributed by atoms with Crippen LogP contribution in [0.3, 0.4) is 0 Å². The fourth-order valence-corrected chi connectivity index (χ4v) is 8.44. The highest BCUT2D eigenvalue weighted by Gasteiger charge is 2.33. The van der Waals surface area contributed by atoms with E-state index in [-0.39, 0.29) is 30.4 Å². The standard InChI is InChI=1S/C38H48N4O5S/c1-24-19-29(15-18-33(24)46-3)26-9-7-25(8-10-26)22-42(32-6-4-5-30(20-32)34-21-40-36(48-34)27-11-12-27)37(44)28-13-16-31(17-14-28)41-35(43)23-47-38(45)39-2/h4-6,15,18-21,25-28,31H,7-14,16-17,22-23H2,1-3H3,(H,39,45)(H,41,43)/t25-,26-,28-,31-. The monoisotopic (exact) mass is 672 g/mol. The Bertz CT molecular complexity index is 1590. The number of rotatable bonds is 11. The average Bonchev–Trinajstić information content (AvgIpc) is 3.85. The van der Waals surface area contributed by atoms with Crippen molar-refractivity contribution >= 4 is 34.9 Å². The van der Waals surface area contributed by atoms with E-state index < -0.39 is 6.09 Å². The number of methoxy groups -OCH3 is 1. The van der Waals surface area contributed by atoms with Gasteiger partial charge >= 0.3 is 6.09 Å². The number of hydrogen-bond donors (Lipinski definition) is 2. The molecule has 256 valence electrons. The maximum absolute atomic E-state index is 14.4. The summed E-state index contributed by atoms with van der Waals surface area (Å²) in [4.78, 5) is 46.0. The molecule has 3 aromatic rings. The van der Waals surface area contributed by atoms with Gasteiger partial charge in [-0.05, 0) is 118 Å². The molecule has 0 unspecified atom stereocenters. The molecule has 3 aliphatic rings. The lowest BCUT2D eigenvalue weighted by molar-refractivity contribution is -0.125. The van der Waals surface area contributed by atoms with Gasteiger partial charge in [-0.2, -0.15) is 0 Å². The smallest absolute Gasteiger partial charge is 0.407 e. The van der Waals surface area contributed by atoms with E-state index in [4.69, 9.17) is 14.5 Å². The second-order valence-corrected chi connectivity index (χ2v) is 14.8. The molecule has 1 aromatic heterocycles. The molecule has 3 saturated carbocycles. The number of nitrogens with one attached hydrogen (secondary N) is 2. The van der Waals surface area contributed by atoms with Crippen molar-refractivity contribution in [2.75, 3.05) is 32.2 Å². The van der Waals surface area contributed by atoms with E-state index in [2.05, 4.69) is 64.9 Å². The number of carbonyl (C=O) groups excluding carboxylic acids is 3. The Balaban J connectivity index is 1.13. The molecule has 2 N–H and O–H groups in total. The number of aryl methyl sites for hydroxylation is 1. The van der Waals surface area contributed by atoms with E-state index in [9.17, 15) is 14.4 Å². The van der Waals surface area contributed by atoms with Crippen LogP contribution in [0.2, 0.25) is 0 Å². The highest BCUT2D eigenvalue weighted by molar-refractivity contribution is 7.15. The van der Waals surface area contributed by atoms with Crippen LogP contribution in [0, 0.1) is 18.8 Å². The van der Waals surface area contributed by atoms with E-state index in [1.165, 1.54) is 36.0 Å². The fourth-order valence-electron chi connectivity index (χ4n) is 7.36. The Morgan fingerprint density at radius 3 is 2.38 bits per heavy atom. The quantitative estimate of drug-likeness (QED) is 0.221. The minimum Gasteiger partial charge on any atom is -0.496 e. The third kappa shape index (κ3) is 8.38. The van der Waals surface area contributed by atoms with Gasteiger partial charge in [-0.3, -0.25) is 9.59 Å². The Morgan fingerprint density at radius 2 is 1.69 bits per heavy atom. The summed E-state index contributed by atoms with van der Waals surface area (Å²) in [6.07, 6.45) is 11.0. The zero-order valence-corrected chi connectivity index (χ0v) is 29.2. The van der Waals surface area contributed by atoms with Crippen LogP contribution < -0.4 is 20.3 Å². The summed E-state index contributed by atoms with van der Waals surface area (Å²) in [5.74, 6) is 2.25. The molecule has 0 atom stereocenters. The summed E-state index contributed by atoms with van der Waals surface area (Å²) in [5, 5.41) is 6.53. The Morgan fingerprint density at radius 1 is 0.938 bits per heavy atom. The van der Waals surface area contributed by atoms with E-state index >= 15 is 0 Å². The summed E-state index contributed by atoms with van der Waals surface area (Å²) >= 11 is 1.77. The third-order valence-electron chi connectivity index (χ3n) is 10.3. The van der Waals surface area contributed by atoms with Crippen LogP contribution in [0.15, 0.2) is 48.7 Å². The lowest BCUT2D eigenvalue weighted by atomic mass is 9.78. The predicted molar refractivity (Wildman–Crippen MR) is 189 cm³/mol. The van der Waals surface area contributed by atoms with Crippen LogP contribution in [0.5, 0.6) is 5.75 Å². The van der Waals surface area contributed by atoms with Crippen molar-refractivity contribution in [3.05, 3.63) is 64.8 Å². The van der Waals surface area contributed by atoms with Crippen LogP contribution in [-0.2, 0) is 14.3 Å². The lowest BCUT2D eigenvalue weighted by Gasteiger charge is -2.36. The SMILES string of the molecule is CNC(=O)OCC(=O)N[C@H]1CC[C@H](C(=O)N(C[C@H]2CC[C@H](c3ccc(OC)c(C)c3)CC2)c2cccc(-c3cnc(C4CC4)s3)c2)CC1. The normalized spacial score (nSPS) is 22.4. The molecular weight excluding hydrogens is 625 g/mol. The largest absolute Gasteiger partial charge is 0.496 e. The van der Waals surface area contributed by atoms with Gasteiger partial charge in [-0.15, -0.1) is 11.3 Å². The predicted octanol–water partition coefficient (Wildman–Crippen LogP) is 7.34. The fraction of sp³-hybridized carbons (Fsp3) is 0.526. The van der Waals surface area contributed by atoms with Gasteiger partial charge in [0.25, 0.3) is 5.91 Å². The molecule has 6 rings (SSSR count). The number of anilines is 1. The average molecular weight is 673 g/mol.